The number of nitrogens with zero attached hydrogens (tertiary/aromatic N) is 3. The molecule has 1 saturated carbocycles. The molecule has 38 heavy (non-hydrogen) atoms. The van der Waals surface area contributed by atoms with Crippen LogP contribution in [0, 0.1) is 0 Å². The number of aliphatic hydroxyl groups excluding tert-OH is 1. The summed E-state index contributed by atoms with van der Waals surface area (Å²) in [7, 11) is 1.55. The number of rotatable bonds is 7. The summed E-state index contributed by atoms with van der Waals surface area (Å²) < 4.78 is 51.8. The number of fused-ring (bicyclic) bond motifs is 1. The topological polar surface area (TPSA) is 89.4 Å². The summed E-state index contributed by atoms with van der Waals surface area (Å²) in [4.78, 5) is 4.22. The SMILES string of the molecule is COc1ccc(COc2cc(C(F)(F)F)ccc2-c2nnc(N[C@@H]3CCCC[C@H]3O)c3cnccc23)cc1. The quantitative estimate of drug-likeness (QED) is 0.306. The van der Waals surface area contributed by atoms with Gasteiger partial charge >= 0.3 is 6.18 Å². The molecule has 2 aromatic heterocycles. The Morgan fingerprint density at radius 1 is 1.00 bits per heavy atom. The molecule has 198 valence electrons. The molecule has 0 bridgehead atoms. The van der Waals surface area contributed by atoms with Crippen molar-refractivity contribution in [2.75, 3.05) is 12.4 Å². The third-order valence-electron chi connectivity index (χ3n) is 6.75. The van der Waals surface area contributed by atoms with Gasteiger partial charge in [-0.15, -0.1) is 10.2 Å². The van der Waals surface area contributed by atoms with E-state index in [2.05, 4.69) is 20.5 Å². The number of hydrogen-bond donors (Lipinski definition) is 2. The first kappa shape index (κ1) is 25.7. The van der Waals surface area contributed by atoms with Gasteiger partial charge in [0.05, 0.1) is 24.8 Å². The predicted molar refractivity (Wildman–Crippen MR) is 137 cm³/mol. The molecule has 0 spiro atoms. The zero-order chi connectivity index (χ0) is 26.7. The third-order valence-corrected chi connectivity index (χ3v) is 6.75. The van der Waals surface area contributed by atoms with Crippen LogP contribution in [0.3, 0.4) is 0 Å². The third kappa shape index (κ3) is 5.50. The molecule has 1 aliphatic carbocycles. The van der Waals surface area contributed by atoms with Crippen molar-refractivity contribution in [3.63, 3.8) is 0 Å². The maximum Gasteiger partial charge on any atom is 0.416 e. The van der Waals surface area contributed by atoms with Crippen LogP contribution in [-0.4, -0.2) is 39.5 Å². The zero-order valence-corrected chi connectivity index (χ0v) is 20.7. The molecule has 0 radical (unpaired) electrons. The summed E-state index contributed by atoms with van der Waals surface area (Å²) in [6.45, 7) is 0.0461. The van der Waals surface area contributed by atoms with Gasteiger partial charge in [-0.25, -0.2) is 0 Å². The lowest BCUT2D eigenvalue weighted by Gasteiger charge is -2.29. The van der Waals surface area contributed by atoms with Crippen molar-refractivity contribution in [3.8, 4) is 22.8 Å². The van der Waals surface area contributed by atoms with Crippen molar-refractivity contribution >= 4 is 16.6 Å². The number of pyridine rings is 1. The molecule has 2 N–H and O–H groups in total. The zero-order valence-electron chi connectivity index (χ0n) is 20.7. The lowest BCUT2D eigenvalue weighted by Crippen LogP contribution is -2.36. The fourth-order valence-electron chi connectivity index (χ4n) is 4.65. The molecule has 0 aliphatic heterocycles. The molecule has 7 nitrogen and oxygen atoms in total. The minimum atomic E-state index is -4.54. The van der Waals surface area contributed by atoms with Crippen molar-refractivity contribution in [1.29, 1.82) is 0 Å². The summed E-state index contributed by atoms with van der Waals surface area (Å²) in [6, 6.07) is 12.0. The lowest BCUT2D eigenvalue weighted by atomic mass is 9.92. The maximum atomic E-state index is 13.6. The van der Waals surface area contributed by atoms with E-state index in [-0.39, 0.29) is 18.4 Å². The van der Waals surface area contributed by atoms with E-state index in [4.69, 9.17) is 9.47 Å². The Kier molecular flexibility index (Phi) is 7.33. The first-order valence-corrected chi connectivity index (χ1v) is 12.4. The van der Waals surface area contributed by atoms with Gasteiger partial charge in [0.15, 0.2) is 5.82 Å². The molecule has 4 aromatic rings. The Labute approximate surface area is 217 Å². The number of halogens is 3. The molecular formula is C28H27F3N4O3. The van der Waals surface area contributed by atoms with Gasteiger partial charge in [0, 0.05) is 28.7 Å². The Morgan fingerprint density at radius 2 is 1.79 bits per heavy atom. The van der Waals surface area contributed by atoms with Crippen LogP contribution in [0.2, 0.25) is 0 Å². The second kappa shape index (κ2) is 10.8. The van der Waals surface area contributed by atoms with Crippen molar-refractivity contribution < 1.29 is 27.8 Å². The van der Waals surface area contributed by atoms with Gasteiger partial charge < -0.3 is 19.9 Å². The van der Waals surface area contributed by atoms with E-state index < -0.39 is 17.8 Å². The van der Waals surface area contributed by atoms with Gasteiger partial charge in [0.25, 0.3) is 0 Å². The van der Waals surface area contributed by atoms with E-state index in [0.717, 1.165) is 37.0 Å². The van der Waals surface area contributed by atoms with Crippen LogP contribution in [0.25, 0.3) is 22.0 Å². The number of methoxy groups -OCH3 is 1. The van der Waals surface area contributed by atoms with Gasteiger partial charge in [0.2, 0.25) is 0 Å². The van der Waals surface area contributed by atoms with Crippen molar-refractivity contribution in [1.82, 2.24) is 15.2 Å². The van der Waals surface area contributed by atoms with Gasteiger partial charge in [-0.05, 0) is 54.8 Å². The van der Waals surface area contributed by atoms with Gasteiger partial charge in [-0.2, -0.15) is 13.2 Å². The van der Waals surface area contributed by atoms with Crippen LogP contribution in [0.1, 0.15) is 36.8 Å². The average Bonchev–Trinajstić information content (AvgIpc) is 2.93. The highest BCUT2D eigenvalue weighted by atomic mass is 19.4. The van der Waals surface area contributed by atoms with Crippen molar-refractivity contribution in [2.45, 2.75) is 50.6 Å². The Balaban J connectivity index is 1.53. The second-order valence-corrected chi connectivity index (χ2v) is 9.27. The Bertz CT molecular complexity index is 1410. The van der Waals surface area contributed by atoms with Crippen molar-refractivity contribution in [3.05, 3.63) is 72.1 Å². The lowest BCUT2D eigenvalue weighted by molar-refractivity contribution is -0.137. The molecular weight excluding hydrogens is 497 g/mol. The first-order chi connectivity index (χ1) is 18.3. The molecule has 2 heterocycles. The fraction of sp³-hybridized carbons (Fsp3) is 0.321. The first-order valence-electron chi connectivity index (χ1n) is 12.4. The number of aromatic nitrogens is 3. The highest BCUT2D eigenvalue weighted by Crippen LogP contribution is 2.40. The van der Waals surface area contributed by atoms with E-state index in [1.165, 1.54) is 6.07 Å². The number of anilines is 1. The minimum Gasteiger partial charge on any atom is -0.497 e. The highest BCUT2D eigenvalue weighted by Gasteiger charge is 2.32. The van der Waals surface area contributed by atoms with Crippen LogP contribution >= 0.6 is 0 Å². The summed E-state index contributed by atoms with van der Waals surface area (Å²) >= 11 is 0. The molecule has 0 saturated heterocycles. The standard InChI is InChI=1S/C28H27F3N4O3/c1-37-19-9-6-17(7-10-19)16-38-25-14-18(28(29,30)31)8-11-21(25)26-20-12-13-32-15-22(20)27(35-34-26)33-23-4-2-3-5-24(23)36/h6-15,23-24,36H,2-5,16H2,1H3,(H,33,35)/t23-,24-/m1/s1. The number of ether oxygens (including phenoxy) is 2. The molecule has 2 atom stereocenters. The summed E-state index contributed by atoms with van der Waals surface area (Å²) in [5, 5.41) is 23.8. The summed E-state index contributed by atoms with van der Waals surface area (Å²) in [6.07, 6.45) is 1.67. The maximum absolute atomic E-state index is 13.6. The fourth-order valence-corrected chi connectivity index (χ4v) is 4.65. The molecule has 0 amide bonds. The van der Waals surface area contributed by atoms with E-state index in [9.17, 15) is 18.3 Å². The molecule has 1 fully saturated rings. The molecule has 1 aliphatic rings. The summed E-state index contributed by atoms with van der Waals surface area (Å²) in [5.41, 5.74) is 0.685. The Hall–Kier alpha value is -3.92. The van der Waals surface area contributed by atoms with Crippen LogP contribution in [0.4, 0.5) is 19.0 Å². The number of alkyl halides is 3. The van der Waals surface area contributed by atoms with Crippen LogP contribution < -0.4 is 14.8 Å². The van der Waals surface area contributed by atoms with Gasteiger partial charge in [-0.3, -0.25) is 4.98 Å². The van der Waals surface area contributed by atoms with E-state index >= 15 is 0 Å². The molecule has 2 aromatic carbocycles. The number of aliphatic hydroxyl groups is 1. The summed E-state index contributed by atoms with van der Waals surface area (Å²) in [5.74, 6) is 1.17. The number of benzene rings is 2. The highest BCUT2D eigenvalue weighted by molar-refractivity contribution is 6.00. The smallest absolute Gasteiger partial charge is 0.416 e. The largest absolute Gasteiger partial charge is 0.497 e. The molecule has 0 unspecified atom stereocenters. The van der Waals surface area contributed by atoms with E-state index in [0.29, 0.717) is 40.0 Å². The average molecular weight is 525 g/mol. The minimum absolute atomic E-state index is 0.0338. The monoisotopic (exact) mass is 524 g/mol. The van der Waals surface area contributed by atoms with Crippen LogP contribution in [0.5, 0.6) is 11.5 Å². The van der Waals surface area contributed by atoms with Crippen molar-refractivity contribution in [2.24, 2.45) is 0 Å². The second-order valence-electron chi connectivity index (χ2n) is 9.27. The Morgan fingerprint density at radius 3 is 2.53 bits per heavy atom. The number of nitrogens with one attached hydrogen (secondary N) is 1. The van der Waals surface area contributed by atoms with Crippen LogP contribution in [-0.2, 0) is 12.8 Å². The predicted octanol–water partition coefficient (Wildman–Crippen LogP) is 6.01. The normalized spacial score (nSPS) is 17.8. The number of hydrogen-bond acceptors (Lipinski definition) is 7. The molecule has 10 heteroatoms. The van der Waals surface area contributed by atoms with Crippen LogP contribution in [0.15, 0.2) is 60.9 Å². The van der Waals surface area contributed by atoms with Gasteiger partial charge in [-0.1, -0.05) is 25.0 Å². The van der Waals surface area contributed by atoms with Gasteiger partial charge in [0.1, 0.15) is 23.8 Å². The molecule has 5 rings (SSSR count). The van der Waals surface area contributed by atoms with E-state index in [1.807, 2.05) is 0 Å². The van der Waals surface area contributed by atoms with E-state index in [1.54, 1.807) is 49.8 Å².